The van der Waals surface area contributed by atoms with E-state index in [1.165, 1.54) is 4.90 Å². The molecule has 1 heterocycles. The Labute approximate surface area is 143 Å². The first kappa shape index (κ1) is 18.3. The van der Waals surface area contributed by atoms with Crippen molar-refractivity contribution >= 4 is 27.5 Å². The molecule has 23 heavy (non-hydrogen) atoms. The Bertz CT molecular complexity index is 614. The topological polar surface area (TPSA) is 54.5 Å². The van der Waals surface area contributed by atoms with Crippen molar-refractivity contribution in [1.29, 1.82) is 0 Å². The molecule has 2 rings (SSSR count). The zero-order chi connectivity index (χ0) is 16.9. The van der Waals surface area contributed by atoms with Gasteiger partial charge in [-0.15, -0.1) is 11.8 Å². The lowest BCUT2D eigenvalue weighted by atomic mass is 10.0. The van der Waals surface area contributed by atoms with E-state index in [1.807, 2.05) is 36.9 Å². The Morgan fingerprint density at radius 1 is 1.30 bits per heavy atom. The van der Waals surface area contributed by atoms with Crippen molar-refractivity contribution in [2.75, 3.05) is 23.8 Å². The van der Waals surface area contributed by atoms with E-state index in [9.17, 15) is 13.2 Å². The first-order valence-electron chi connectivity index (χ1n) is 8.05. The monoisotopic (exact) mass is 355 g/mol. The van der Waals surface area contributed by atoms with Crippen LogP contribution in [-0.4, -0.2) is 49.1 Å². The van der Waals surface area contributed by atoms with Gasteiger partial charge in [0.2, 0.25) is 5.91 Å². The first-order valence-corrected chi connectivity index (χ1v) is 10.9. The van der Waals surface area contributed by atoms with Gasteiger partial charge in [-0.1, -0.05) is 18.2 Å². The highest BCUT2D eigenvalue weighted by atomic mass is 32.2. The molecular weight excluding hydrogens is 330 g/mol. The van der Waals surface area contributed by atoms with Gasteiger partial charge in [0.1, 0.15) is 0 Å². The standard InChI is InChI=1S/C17H25NO3S2/c1-14(2)18(9-10-22-16-6-4-3-5-7-16)17(19)12-15-8-11-23(20,21)13-15/h3-7,14-15H,8-13H2,1-2H3/t15-/m0/s1. The van der Waals surface area contributed by atoms with E-state index in [2.05, 4.69) is 12.1 Å². The third kappa shape index (κ3) is 5.84. The molecule has 0 radical (unpaired) electrons. The van der Waals surface area contributed by atoms with Crippen LogP contribution in [0.25, 0.3) is 0 Å². The highest BCUT2D eigenvalue weighted by Crippen LogP contribution is 2.23. The van der Waals surface area contributed by atoms with E-state index in [4.69, 9.17) is 0 Å². The second kappa shape index (κ2) is 8.20. The van der Waals surface area contributed by atoms with Gasteiger partial charge in [0.15, 0.2) is 9.84 Å². The van der Waals surface area contributed by atoms with Crippen molar-refractivity contribution in [2.45, 2.75) is 37.6 Å². The van der Waals surface area contributed by atoms with Gasteiger partial charge in [-0.3, -0.25) is 4.79 Å². The van der Waals surface area contributed by atoms with Crippen LogP contribution >= 0.6 is 11.8 Å². The number of rotatable bonds is 7. The number of hydrogen-bond acceptors (Lipinski definition) is 4. The van der Waals surface area contributed by atoms with Gasteiger partial charge in [-0.05, 0) is 38.3 Å². The smallest absolute Gasteiger partial charge is 0.223 e. The van der Waals surface area contributed by atoms with E-state index < -0.39 is 9.84 Å². The summed E-state index contributed by atoms with van der Waals surface area (Å²) in [4.78, 5) is 15.6. The molecule has 6 heteroatoms. The molecule has 0 spiro atoms. The van der Waals surface area contributed by atoms with Crippen LogP contribution in [0.2, 0.25) is 0 Å². The molecule has 0 aromatic heterocycles. The molecule has 0 unspecified atom stereocenters. The van der Waals surface area contributed by atoms with E-state index >= 15 is 0 Å². The molecule has 0 bridgehead atoms. The summed E-state index contributed by atoms with van der Waals surface area (Å²) in [6, 6.07) is 10.3. The summed E-state index contributed by atoms with van der Waals surface area (Å²) in [5, 5.41) is 0. The Kier molecular flexibility index (Phi) is 6.53. The molecule has 0 aliphatic carbocycles. The first-order chi connectivity index (χ1) is 10.9. The molecule has 1 atom stereocenters. The average molecular weight is 356 g/mol. The summed E-state index contributed by atoms with van der Waals surface area (Å²) >= 11 is 1.74. The van der Waals surface area contributed by atoms with E-state index in [0.29, 0.717) is 19.4 Å². The fourth-order valence-corrected chi connectivity index (χ4v) is 5.58. The van der Waals surface area contributed by atoms with E-state index in [-0.39, 0.29) is 29.4 Å². The number of thioether (sulfide) groups is 1. The molecule has 0 N–H and O–H groups in total. The van der Waals surface area contributed by atoms with Crippen LogP contribution in [0.15, 0.2) is 35.2 Å². The molecule has 1 aromatic carbocycles. The third-order valence-electron chi connectivity index (χ3n) is 4.08. The van der Waals surface area contributed by atoms with Crippen LogP contribution in [0.1, 0.15) is 26.7 Å². The second-order valence-corrected chi connectivity index (χ2v) is 9.71. The lowest BCUT2D eigenvalue weighted by Crippen LogP contribution is -2.39. The molecule has 1 aliphatic rings. The number of amides is 1. The summed E-state index contributed by atoms with van der Waals surface area (Å²) in [6.07, 6.45) is 0.978. The minimum atomic E-state index is -2.91. The Balaban J connectivity index is 1.84. The molecular formula is C17H25NO3S2. The van der Waals surface area contributed by atoms with Crippen molar-refractivity contribution in [3.05, 3.63) is 30.3 Å². The highest BCUT2D eigenvalue weighted by molar-refractivity contribution is 7.99. The van der Waals surface area contributed by atoms with Crippen molar-refractivity contribution < 1.29 is 13.2 Å². The lowest BCUT2D eigenvalue weighted by molar-refractivity contribution is -0.133. The predicted octanol–water partition coefficient (Wildman–Crippen LogP) is 2.84. The number of carbonyl (C=O) groups excluding carboxylic acids is 1. The molecule has 1 aromatic rings. The Hall–Kier alpha value is -1.01. The van der Waals surface area contributed by atoms with Gasteiger partial charge in [-0.25, -0.2) is 8.42 Å². The molecule has 128 valence electrons. The molecule has 1 fully saturated rings. The van der Waals surface area contributed by atoms with E-state index in [1.54, 1.807) is 11.8 Å². The summed E-state index contributed by atoms with van der Waals surface area (Å²) in [5.41, 5.74) is 0. The molecule has 1 saturated heterocycles. The third-order valence-corrected chi connectivity index (χ3v) is 6.91. The van der Waals surface area contributed by atoms with Gasteiger partial charge in [-0.2, -0.15) is 0 Å². The molecule has 1 aliphatic heterocycles. The normalized spacial score (nSPS) is 19.9. The minimum absolute atomic E-state index is 0.00414. The van der Waals surface area contributed by atoms with Gasteiger partial charge in [0.25, 0.3) is 0 Å². The summed E-state index contributed by atoms with van der Waals surface area (Å²) in [7, 11) is -2.91. The Morgan fingerprint density at radius 2 is 2.00 bits per heavy atom. The van der Waals surface area contributed by atoms with Crippen molar-refractivity contribution in [3.8, 4) is 0 Å². The fourth-order valence-electron chi connectivity index (χ4n) is 2.85. The summed E-state index contributed by atoms with van der Waals surface area (Å²) in [6.45, 7) is 4.71. The maximum Gasteiger partial charge on any atom is 0.223 e. The van der Waals surface area contributed by atoms with Crippen LogP contribution in [-0.2, 0) is 14.6 Å². The quantitative estimate of drug-likeness (QED) is 0.706. The Morgan fingerprint density at radius 3 is 2.57 bits per heavy atom. The predicted molar refractivity (Wildman–Crippen MR) is 95.4 cm³/mol. The molecule has 1 amide bonds. The number of nitrogens with zero attached hydrogens (tertiary/aromatic N) is 1. The van der Waals surface area contributed by atoms with Crippen LogP contribution in [0.5, 0.6) is 0 Å². The van der Waals surface area contributed by atoms with Crippen molar-refractivity contribution in [1.82, 2.24) is 4.90 Å². The summed E-state index contributed by atoms with van der Waals surface area (Å²) < 4.78 is 23.1. The zero-order valence-corrected chi connectivity index (χ0v) is 15.4. The van der Waals surface area contributed by atoms with Crippen LogP contribution < -0.4 is 0 Å². The van der Waals surface area contributed by atoms with Crippen molar-refractivity contribution in [2.24, 2.45) is 5.92 Å². The molecule has 4 nitrogen and oxygen atoms in total. The maximum absolute atomic E-state index is 12.5. The number of benzene rings is 1. The second-order valence-electron chi connectivity index (χ2n) is 6.32. The average Bonchev–Trinajstić information content (AvgIpc) is 2.83. The van der Waals surface area contributed by atoms with Crippen molar-refractivity contribution in [3.63, 3.8) is 0 Å². The van der Waals surface area contributed by atoms with Crippen LogP contribution in [0, 0.1) is 5.92 Å². The van der Waals surface area contributed by atoms with Gasteiger partial charge in [0, 0.05) is 29.7 Å². The molecule has 0 saturated carbocycles. The van der Waals surface area contributed by atoms with Crippen LogP contribution in [0.3, 0.4) is 0 Å². The van der Waals surface area contributed by atoms with Crippen LogP contribution in [0.4, 0.5) is 0 Å². The number of sulfone groups is 1. The van der Waals surface area contributed by atoms with E-state index in [0.717, 1.165) is 5.75 Å². The summed E-state index contributed by atoms with van der Waals surface area (Å²) in [5.74, 6) is 1.32. The zero-order valence-electron chi connectivity index (χ0n) is 13.8. The number of hydrogen-bond donors (Lipinski definition) is 0. The SMILES string of the molecule is CC(C)N(CCSc1ccccc1)C(=O)C[C@@H]1CCS(=O)(=O)C1. The van der Waals surface area contributed by atoms with Gasteiger partial charge >= 0.3 is 0 Å². The fraction of sp³-hybridized carbons (Fsp3) is 0.588. The van der Waals surface area contributed by atoms with Gasteiger partial charge in [0.05, 0.1) is 11.5 Å². The lowest BCUT2D eigenvalue weighted by Gasteiger charge is -2.27. The maximum atomic E-state index is 12.5. The van der Waals surface area contributed by atoms with Gasteiger partial charge < -0.3 is 4.90 Å². The minimum Gasteiger partial charge on any atom is -0.339 e. The number of carbonyl (C=O) groups is 1. The highest BCUT2D eigenvalue weighted by Gasteiger charge is 2.31. The largest absolute Gasteiger partial charge is 0.339 e.